The van der Waals surface area contributed by atoms with Crippen molar-refractivity contribution >= 4 is 21.5 Å². The van der Waals surface area contributed by atoms with Crippen molar-refractivity contribution in [3.8, 4) is 0 Å². The predicted molar refractivity (Wildman–Crippen MR) is 130 cm³/mol. The summed E-state index contributed by atoms with van der Waals surface area (Å²) in [4.78, 5) is -1.60. The first-order valence-electron chi connectivity index (χ1n) is 12.6. The van der Waals surface area contributed by atoms with E-state index in [1.807, 2.05) is 12.1 Å². The summed E-state index contributed by atoms with van der Waals surface area (Å²) < 4.78 is 35.8. The molecule has 5 nitrogen and oxygen atoms in total. The zero-order chi connectivity index (χ0) is 22.4. The molecule has 1 aromatic rings. The third kappa shape index (κ3) is 10.3. The number of nitrogens with one attached hydrogen (secondary N) is 2. The normalized spacial score (nSPS) is 14.3. The van der Waals surface area contributed by atoms with Gasteiger partial charge >= 0.3 is 29.6 Å². The zero-order valence-corrected chi connectivity index (χ0v) is 23.3. The molecule has 0 radical (unpaired) electrons. The van der Waals surface area contributed by atoms with Gasteiger partial charge in [0.15, 0.2) is 0 Å². The fraction of sp³-hybridized carbons (Fsp3) is 0.760. The van der Waals surface area contributed by atoms with Crippen molar-refractivity contribution in [2.75, 3.05) is 10.6 Å². The van der Waals surface area contributed by atoms with Crippen LogP contribution in [0.2, 0.25) is 0 Å². The van der Waals surface area contributed by atoms with Crippen LogP contribution in [0.5, 0.6) is 0 Å². The number of hydrogen-bond acceptors (Lipinski definition) is 5. The molecule has 1 heterocycles. The predicted octanol–water partition coefficient (Wildman–Crippen LogP) is 4.38. The molecule has 0 saturated heterocycles. The van der Waals surface area contributed by atoms with Gasteiger partial charge < -0.3 is 15.2 Å². The van der Waals surface area contributed by atoms with Crippen LogP contribution in [-0.2, 0) is 10.1 Å². The number of rotatable bonds is 18. The monoisotopic (exact) mass is 474 g/mol. The summed E-state index contributed by atoms with van der Waals surface area (Å²) >= 11 is 0. The number of unbranched alkanes of at least 4 members (excludes halogenated alkanes) is 15. The Balaban J connectivity index is 0.00000512. The second-order valence-corrected chi connectivity index (χ2v) is 10.7. The smallest absolute Gasteiger partial charge is 0.745 e. The van der Waals surface area contributed by atoms with Gasteiger partial charge in [0.2, 0.25) is 4.99 Å². The molecule has 178 valence electrons. The van der Waals surface area contributed by atoms with E-state index in [0.717, 1.165) is 12.8 Å². The molecule has 0 aromatic heterocycles. The van der Waals surface area contributed by atoms with Crippen molar-refractivity contribution in [1.82, 2.24) is 0 Å². The molecule has 0 amide bonds. The quantitative estimate of drug-likeness (QED) is 0.187. The molecule has 7 heteroatoms. The van der Waals surface area contributed by atoms with Crippen LogP contribution in [0.1, 0.15) is 116 Å². The molecule has 0 atom stereocenters. The van der Waals surface area contributed by atoms with Crippen molar-refractivity contribution in [2.24, 2.45) is 0 Å². The maximum Gasteiger partial charge on any atom is 1.00 e. The minimum Gasteiger partial charge on any atom is -0.745 e. The largest absolute Gasteiger partial charge is 1.00 e. The Bertz CT molecular complexity index is 703. The first kappa shape index (κ1) is 29.8. The van der Waals surface area contributed by atoms with Crippen molar-refractivity contribution in [3.63, 3.8) is 0 Å². The Morgan fingerprint density at radius 1 is 0.688 bits per heavy atom. The molecule has 0 fully saturated rings. The van der Waals surface area contributed by atoms with E-state index in [2.05, 4.69) is 17.6 Å². The Morgan fingerprint density at radius 2 is 1.03 bits per heavy atom. The molecule has 0 aliphatic carbocycles. The minimum atomic E-state index is -4.52. The van der Waals surface area contributed by atoms with Crippen molar-refractivity contribution < 1.29 is 42.5 Å². The molecule has 0 spiro atoms. The fourth-order valence-corrected chi connectivity index (χ4v) is 5.33. The average molecular weight is 475 g/mol. The molecule has 1 aromatic carbocycles. The van der Waals surface area contributed by atoms with Crippen LogP contribution in [0.3, 0.4) is 0 Å². The molecule has 0 bridgehead atoms. The third-order valence-corrected chi connectivity index (χ3v) is 7.67. The first-order chi connectivity index (χ1) is 15.0. The van der Waals surface area contributed by atoms with Crippen LogP contribution in [0.4, 0.5) is 11.4 Å². The van der Waals surface area contributed by atoms with Crippen LogP contribution < -0.4 is 40.2 Å². The molecule has 32 heavy (non-hydrogen) atoms. The van der Waals surface area contributed by atoms with E-state index in [9.17, 15) is 13.0 Å². The van der Waals surface area contributed by atoms with Crippen molar-refractivity contribution in [1.29, 1.82) is 0 Å². The van der Waals surface area contributed by atoms with E-state index in [4.69, 9.17) is 0 Å². The molecule has 0 unspecified atom stereocenters. The Kier molecular flexibility index (Phi) is 15.2. The summed E-state index contributed by atoms with van der Waals surface area (Å²) in [5.74, 6) is 0. The van der Waals surface area contributed by atoms with Crippen LogP contribution in [0.25, 0.3) is 0 Å². The Labute approximate surface area is 219 Å². The van der Waals surface area contributed by atoms with Crippen molar-refractivity contribution in [2.45, 2.75) is 121 Å². The third-order valence-electron chi connectivity index (χ3n) is 6.41. The second-order valence-electron chi connectivity index (χ2n) is 9.13. The van der Waals surface area contributed by atoms with E-state index in [0.29, 0.717) is 17.8 Å². The van der Waals surface area contributed by atoms with Gasteiger partial charge in [-0.1, -0.05) is 115 Å². The molecule has 2 N–H and O–H groups in total. The van der Waals surface area contributed by atoms with Crippen LogP contribution in [-0.4, -0.2) is 18.0 Å². The summed E-state index contributed by atoms with van der Waals surface area (Å²) in [6.07, 6.45) is 20.6. The van der Waals surface area contributed by atoms with Gasteiger partial charge in [-0.2, -0.15) is 0 Å². The van der Waals surface area contributed by atoms with Crippen LogP contribution >= 0.6 is 0 Å². The van der Waals surface area contributed by atoms with Gasteiger partial charge in [-0.15, -0.1) is 0 Å². The van der Waals surface area contributed by atoms with Gasteiger partial charge in [-0.25, -0.2) is 8.42 Å². The van der Waals surface area contributed by atoms with Gasteiger partial charge in [0.05, 0.1) is 11.4 Å². The number of anilines is 2. The van der Waals surface area contributed by atoms with Gasteiger partial charge in [0, 0.05) is 6.42 Å². The molecule has 1 aliphatic rings. The summed E-state index contributed by atoms with van der Waals surface area (Å²) in [6, 6.07) is 7.25. The summed E-state index contributed by atoms with van der Waals surface area (Å²) in [6.45, 7) is 2.27. The second kappa shape index (κ2) is 16.4. The minimum absolute atomic E-state index is 0. The number of hydrogen-bond donors (Lipinski definition) is 2. The summed E-state index contributed by atoms with van der Waals surface area (Å²) in [5, 5.41) is 5.86. The molecule has 0 saturated carbocycles. The van der Waals surface area contributed by atoms with Crippen molar-refractivity contribution in [3.05, 3.63) is 24.3 Å². The van der Waals surface area contributed by atoms with Gasteiger partial charge in [-0.3, -0.25) is 0 Å². The standard InChI is InChI=1S/C25H44N2O3S.Na/c1-2-3-4-5-6-7-8-9-10-11-12-13-14-15-16-19-22-25(31(28,29)30)26-23-20-17-18-21-24(23)27-25;/h17-18,20-21,26-27H,2-16,19,22H2,1H3,(H,28,29,30);/q;+1/p-1. The molecule has 2 rings (SSSR count). The number of fused-ring (bicyclic) bond motifs is 1. The molecular formula is C25H43N2NaO3S. The Hall–Kier alpha value is -0.270. The van der Waals surface area contributed by atoms with Crippen LogP contribution in [0, 0.1) is 0 Å². The number of benzene rings is 1. The zero-order valence-electron chi connectivity index (χ0n) is 20.5. The van der Waals surface area contributed by atoms with E-state index in [1.54, 1.807) is 12.1 Å². The molecular weight excluding hydrogens is 431 g/mol. The maximum atomic E-state index is 11.9. The van der Waals surface area contributed by atoms with E-state index in [-0.39, 0.29) is 36.0 Å². The summed E-state index contributed by atoms with van der Waals surface area (Å²) in [7, 11) is -4.52. The van der Waals surface area contributed by atoms with Gasteiger partial charge in [-0.05, 0) is 18.6 Å². The first-order valence-corrected chi connectivity index (χ1v) is 14.0. The maximum absolute atomic E-state index is 11.9. The fourth-order valence-electron chi connectivity index (χ4n) is 4.46. The topological polar surface area (TPSA) is 81.3 Å². The Morgan fingerprint density at radius 3 is 1.38 bits per heavy atom. The SMILES string of the molecule is CCCCCCCCCCCCCCCCCCC1(S(=O)(=O)[O-])Nc2ccccc2N1.[Na+]. The van der Waals surface area contributed by atoms with E-state index < -0.39 is 15.1 Å². The van der Waals surface area contributed by atoms with E-state index in [1.165, 1.54) is 83.5 Å². The summed E-state index contributed by atoms with van der Waals surface area (Å²) in [5.41, 5.74) is 1.36. The number of para-hydroxylation sites is 2. The average Bonchev–Trinajstić information content (AvgIpc) is 3.13. The van der Waals surface area contributed by atoms with Crippen LogP contribution in [0.15, 0.2) is 24.3 Å². The van der Waals surface area contributed by atoms with Gasteiger partial charge in [0.25, 0.3) is 0 Å². The molecule has 1 aliphatic heterocycles. The van der Waals surface area contributed by atoms with Gasteiger partial charge in [0.1, 0.15) is 10.1 Å². The van der Waals surface area contributed by atoms with E-state index >= 15 is 0 Å².